The van der Waals surface area contributed by atoms with E-state index in [-0.39, 0.29) is 11.9 Å². The first-order chi connectivity index (χ1) is 10.1. The molecule has 0 spiro atoms. The Balaban J connectivity index is 1.89. The Morgan fingerprint density at radius 1 is 1.10 bits per heavy atom. The second-order valence-corrected chi connectivity index (χ2v) is 5.69. The monoisotopic (exact) mass is 281 g/mol. The van der Waals surface area contributed by atoms with E-state index in [0.29, 0.717) is 12.0 Å². The Kier molecular flexibility index (Phi) is 3.52. The molecule has 108 valence electrons. The lowest BCUT2D eigenvalue weighted by Crippen LogP contribution is -2.34. The molecule has 0 fully saturated rings. The van der Waals surface area contributed by atoms with E-state index in [4.69, 9.17) is 0 Å². The number of benzene rings is 2. The van der Waals surface area contributed by atoms with Gasteiger partial charge in [0.05, 0.1) is 12.1 Å². The smallest absolute Gasteiger partial charge is 0.252 e. The number of carbonyl (C=O) groups excluding carboxylic acids is 1. The molecule has 1 aliphatic rings. The summed E-state index contributed by atoms with van der Waals surface area (Å²) >= 11 is 0. The highest BCUT2D eigenvalue weighted by molar-refractivity contribution is 5.97. The van der Waals surface area contributed by atoms with Crippen molar-refractivity contribution in [3.63, 3.8) is 0 Å². The van der Waals surface area contributed by atoms with Gasteiger partial charge in [-0.05, 0) is 36.1 Å². The van der Waals surface area contributed by atoms with Gasteiger partial charge in [-0.1, -0.05) is 42.5 Å². The summed E-state index contributed by atoms with van der Waals surface area (Å²) in [5.74, 6) is -0.119. The Bertz CT molecular complexity index is 673. The van der Waals surface area contributed by atoms with Gasteiger partial charge in [0.2, 0.25) is 0 Å². The highest BCUT2D eigenvalue weighted by Gasteiger charge is 2.32. The first-order valence-corrected chi connectivity index (χ1v) is 7.21. The molecule has 0 radical (unpaired) electrons. The number of hydrogen-bond acceptors (Lipinski definition) is 2. The fourth-order valence-electron chi connectivity index (χ4n) is 3.13. The van der Waals surface area contributed by atoms with Gasteiger partial charge in [0.1, 0.15) is 0 Å². The number of hydrogen-bond donors (Lipinski definition) is 2. The summed E-state index contributed by atoms with van der Waals surface area (Å²) in [6.45, 7) is 3.86. The molecule has 2 atom stereocenters. The number of fused-ring (bicyclic) bond motifs is 1. The average molecular weight is 281 g/mol. The fourth-order valence-corrected chi connectivity index (χ4v) is 3.13. The zero-order chi connectivity index (χ0) is 15.0. The summed E-state index contributed by atoms with van der Waals surface area (Å²) in [5.41, 5.74) is 4.73. The van der Waals surface area contributed by atoms with Crippen LogP contribution >= 0.6 is 0 Å². The van der Waals surface area contributed by atoms with Gasteiger partial charge in [-0.3, -0.25) is 4.79 Å². The number of aryl methyl sites for hydroxylation is 2. The van der Waals surface area contributed by atoms with Crippen molar-refractivity contribution in [1.82, 2.24) is 5.32 Å². The summed E-state index contributed by atoms with van der Waals surface area (Å²) in [6.07, 6.45) is 0.0316. The van der Waals surface area contributed by atoms with Crippen molar-refractivity contribution in [2.75, 3.05) is 0 Å². The molecule has 2 aromatic rings. The van der Waals surface area contributed by atoms with E-state index >= 15 is 0 Å². The molecule has 0 aliphatic heterocycles. The van der Waals surface area contributed by atoms with Crippen LogP contribution in [0.1, 0.15) is 38.7 Å². The van der Waals surface area contributed by atoms with Crippen molar-refractivity contribution in [3.8, 4) is 0 Å². The first kappa shape index (κ1) is 13.8. The lowest BCUT2D eigenvalue weighted by Gasteiger charge is -2.19. The molecule has 0 heterocycles. The zero-order valence-corrected chi connectivity index (χ0v) is 12.3. The Morgan fingerprint density at radius 2 is 1.76 bits per heavy atom. The summed E-state index contributed by atoms with van der Waals surface area (Å²) in [4.78, 5) is 12.6. The summed E-state index contributed by atoms with van der Waals surface area (Å²) < 4.78 is 0. The molecule has 0 aromatic heterocycles. The van der Waals surface area contributed by atoms with Crippen molar-refractivity contribution in [1.29, 1.82) is 0 Å². The molecule has 21 heavy (non-hydrogen) atoms. The minimum absolute atomic E-state index is 0.119. The van der Waals surface area contributed by atoms with E-state index < -0.39 is 6.10 Å². The predicted molar refractivity (Wildman–Crippen MR) is 82.3 cm³/mol. The van der Waals surface area contributed by atoms with Crippen LogP contribution in [0.3, 0.4) is 0 Å². The van der Waals surface area contributed by atoms with Gasteiger partial charge in [0.15, 0.2) is 0 Å². The topological polar surface area (TPSA) is 49.3 Å². The standard InChI is InChI=1S/C18H19NO2/c1-11-6-5-7-12(2)16(11)18(21)19-17-14-9-4-3-8-13(14)10-15(17)20/h3-9,15,17,20H,10H2,1-2H3,(H,19,21). The number of amides is 1. The van der Waals surface area contributed by atoms with Crippen LogP contribution in [0, 0.1) is 13.8 Å². The maximum Gasteiger partial charge on any atom is 0.252 e. The van der Waals surface area contributed by atoms with E-state index in [1.165, 1.54) is 0 Å². The van der Waals surface area contributed by atoms with E-state index in [0.717, 1.165) is 22.3 Å². The number of nitrogens with one attached hydrogen (secondary N) is 1. The second-order valence-electron chi connectivity index (χ2n) is 5.69. The molecule has 3 heteroatoms. The Labute approximate surface area is 124 Å². The maximum atomic E-state index is 12.6. The van der Waals surface area contributed by atoms with Gasteiger partial charge >= 0.3 is 0 Å². The van der Waals surface area contributed by atoms with Gasteiger partial charge in [-0.25, -0.2) is 0 Å². The van der Waals surface area contributed by atoms with Crippen LogP contribution < -0.4 is 5.32 Å². The molecular formula is C18H19NO2. The van der Waals surface area contributed by atoms with E-state index in [1.807, 2.05) is 56.3 Å². The van der Waals surface area contributed by atoms with Crippen LogP contribution in [0.4, 0.5) is 0 Å². The van der Waals surface area contributed by atoms with Crippen LogP contribution in [0.5, 0.6) is 0 Å². The molecular weight excluding hydrogens is 262 g/mol. The largest absolute Gasteiger partial charge is 0.390 e. The molecule has 0 saturated carbocycles. The third kappa shape index (κ3) is 2.45. The van der Waals surface area contributed by atoms with Gasteiger partial charge in [0, 0.05) is 12.0 Å². The molecule has 1 aliphatic carbocycles. The minimum Gasteiger partial charge on any atom is -0.390 e. The number of rotatable bonds is 2. The second kappa shape index (κ2) is 5.34. The quantitative estimate of drug-likeness (QED) is 0.889. The molecule has 2 aromatic carbocycles. The zero-order valence-electron chi connectivity index (χ0n) is 12.3. The van der Waals surface area contributed by atoms with E-state index in [2.05, 4.69) is 5.32 Å². The van der Waals surface area contributed by atoms with Crippen molar-refractivity contribution in [2.24, 2.45) is 0 Å². The van der Waals surface area contributed by atoms with Gasteiger partial charge < -0.3 is 10.4 Å². The van der Waals surface area contributed by atoms with Gasteiger partial charge in [-0.15, -0.1) is 0 Å². The molecule has 3 rings (SSSR count). The summed E-state index contributed by atoms with van der Waals surface area (Å²) in [6, 6.07) is 13.4. The van der Waals surface area contributed by atoms with Gasteiger partial charge in [-0.2, -0.15) is 0 Å². The SMILES string of the molecule is Cc1cccc(C)c1C(=O)NC1c2ccccc2CC1O. The first-order valence-electron chi connectivity index (χ1n) is 7.21. The Hall–Kier alpha value is -2.13. The van der Waals surface area contributed by atoms with Crippen molar-refractivity contribution in [3.05, 3.63) is 70.3 Å². The molecule has 3 nitrogen and oxygen atoms in total. The third-order valence-corrected chi connectivity index (χ3v) is 4.20. The molecule has 0 bridgehead atoms. The number of aliphatic hydroxyl groups is 1. The van der Waals surface area contributed by atoms with Crippen molar-refractivity contribution < 1.29 is 9.90 Å². The predicted octanol–water partition coefficient (Wildman–Crippen LogP) is 2.69. The highest BCUT2D eigenvalue weighted by atomic mass is 16.3. The van der Waals surface area contributed by atoms with Crippen LogP contribution in [0.15, 0.2) is 42.5 Å². The average Bonchev–Trinajstić information content (AvgIpc) is 2.75. The number of aliphatic hydroxyl groups excluding tert-OH is 1. The summed E-state index contributed by atoms with van der Waals surface area (Å²) in [5, 5.41) is 13.2. The van der Waals surface area contributed by atoms with E-state index in [9.17, 15) is 9.90 Å². The maximum absolute atomic E-state index is 12.6. The minimum atomic E-state index is -0.560. The molecule has 0 saturated heterocycles. The molecule has 2 N–H and O–H groups in total. The Morgan fingerprint density at radius 3 is 2.48 bits per heavy atom. The van der Waals surface area contributed by atoms with Crippen LogP contribution in [-0.4, -0.2) is 17.1 Å². The molecule has 2 unspecified atom stereocenters. The van der Waals surface area contributed by atoms with Crippen molar-refractivity contribution >= 4 is 5.91 Å². The highest BCUT2D eigenvalue weighted by Crippen LogP contribution is 2.31. The normalized spacial score (nSPS) is 20.1. The summed E-state index contributed by atoms with van der Waals surface area (Å²) in [7, 11) is 0. The fraction of sp³-hybridized carbons (Fsp3) is 0.278. The lowest BCUT2D eigenvalue weighted by atomic mass is 10.0. The number of carbonyl (C=O) groups is 1. The van der Waals surface area contributed by atoms with E-state index in [1.54, 1.807) is 0 Å². The van der Waals surface area contributed by atoms with Crippen LogP contribution in [-0.2, 0) is 6.42 Å². The molecule has 1 amide bonds. The van der Waals surface area contributed by atoms with Crippen LogP contribution in [0.2, 0.25) is 0 Å². The van der Waals surface area contributed by atoms with Gasteiger partial charge in [0.25, 0.3) is 5.91 Å². The van der Waals surface area contributed by atoms with Crippen molar-refractivity contribution in [2.45, 2.75) is 32.4 Å². The lowest BCUT2D eigenvalue weighted by molar-refractivity contribution is 0.0857. The third-order valence-electron chi connectivity index (χ3n) is 4.20. The van der Waals surface area contributed by atoms with Crippen LogP contribution in [0.25, 0.3) is 0 Å².